The summed E-state index contributed by atoms with van der Waals surface area (Å²) >= 11 is 0. The van der Waals surface area contributed by atoms with Crippen LogP contribution in [0.1, 0.15) is 31.5 Å². The van der Waals surface area contributed by atoms with Gasteiger partial charge in [0.1, 0.15) is 0 Å². The number of aryl methyl sites for hydroxylation is 2. The highest BCUT2D eigenvalue weighted by Crippen LogP contribution is 2.08. The van der Waals surface area contributed by atoms with Crippen LogP contribution in [0.15, 0.2) is 11.2 Å². The molecule has 1 rings (SSSR count). The van der Waals surface area contributed by atoms with E-state index in [2.05, 4.69) is 17.0 Å². The summed E-state index contributed by atoms with van der Waals surface area (Å²) in [5.74, 6) is 0.705. The van der Waals surface area contributed by atoms with Gasteiger partial charge in [0.15, 0.2) is 0 Å². The number of hydrogen-bond donors (Lipinski definition) is 1. The van der Waals surface area contributed by atoms with E-state index in [9.17, 15) is 0 Å². The fourth-order valence-electron chi connectivity index (χ4n) is 1.31. The van der Waals surface area contributed by atoms with Crippen molar-refractivity contribution in [2.24, 2.45) is 17.8 Å². The van der Waals surface area contributed by atoms with Crippen molar-refractivity contribution in [2.75, 3.05) is 0 Å². The number of nitrogens with zero attached hydrogens (tertiary/aromatic N) is 3. The molecule has 1 heterocycles. The highest BCUT2D eigenvalue weighted by Gasteiger charge is 2.04. The molecule has 0 saturated carbocycles. The lowest BCUT2D eigenvalue weighted by molar-refractivity contribution is 0.746. The molecule has 78 valence electrons. The van der Waals surface area contributed by atoms with Gasteiger partial charge in [-0.15, -0.1) is 0 Å². The van der Waals surface area contributed by atoms with Crippen LogP contribution in [0.5, 0.6) is 0 Å². The molecule has 4 heteroatoms. The molecule has 0 fully saturated rings. The summed E-state index contributed by atoms with van der Waals surface area (Å²) in [4.78, 5) is 4.28. The molecule has 0 aliphatic carbocycles. The van der Waals surface area contributed by atoms with Gasteiger partial charge in [-0.25, -0.2) is 0 Å². The van der Waals surface area contributed by atoms with Crippen molar-refractivity contribution < 1.29 is 0 Å². The number of amidine groups is 1. The minimum Gasteiger partial charge on any atom is -0.387 e. The molecule has 0 aliphatic rings. The number of hydrogen-bond acceptors (Lipinski definition) is 2. The Bertz CT molecular complexity index is 325. The van der Waals surface area contributed by atoms with Gasteiger partial charge in [0, 0.05) is 25.2 Å². The van der Waals surface area contributed by atoms with Gasteiger partial charge in [-0.05, 0) is 6.42 Å². The van der Waals surface area contributed by atoms with Gasteiger partial charge in [0.2, 0.25) is 0 Å². The third kappa shape index (κ3) is 2.58. The van der Waals surface area contributed by atoms with Crippen LogP contribution in [-0.2, 0) is 20.0 Å². The van der Waals surface area contributed by atoms with Crippen LogP contribution in [0.25, 0.3) is 0 Å². The molecule has 1 aromatic rings. The Morgan fingerprint density at radius 2 is 2.29 bits per heavy atom. The molecular formula is C10H18N4. The van der Waals surface area contributed by atoms with Gasteiger partial charge >= 0.3 is 0 Å². The largest absolute Gasteiger partial charge is 0.387 e. The topological polar surface area (TPSA) is 56.2 Å². The van der Waals surface area contributed by atoms with Crippen LogP contribution in [0.2, 0.25) is 0 Å². The molecule has 0 atom stereocenters. The number of aromatic nitrogens is 2. The first-order valence-electron chi connectivity index (χ1n) is 4.97. The Morgan fingerprint density at radius 1 is 1.57 bits per heavy atom. The van der Waals surface area contributed by atoms with Gasteiger partial charge in [-0.1, -0.05) is 13.8 Å². The van der Waals surface area contributed by atoms with E-state index in [4.69, 9.17) is 5.73 Å². The van der Waals surface area contributed by atoms with Gasteiger partial charge in [0.05, 0.1) is 18.1 Å². The maximum atomic E-state index is 5.64. The molecule has 0 bridgehead atoms. The SMILES string of the molecule is CCC(N)=NCc1cn(C)nc1CC. The van der Waals surface area contributed by atoms with Crippen LogP contribution < -0.4 is 5.73 Å². The zero-order valence-corrected chi connectivity index (χ0v) is 9.12. The summed E-state index contributed by atoms with van der Waals surface area (Å²) < 4.78 is 1.83. The second-order valence-corrected chi connectivity index (χ2v) is 3.29. The molecule has 14 heavy (non-hydrogen) atoms. The van der Waals surface area contributed by atoms with E-state index in [1.807, 2.05) is 24.9 Å². The van der Waals surface area contributed by atoms with Crippen molar-refractivity contribution in [3.8, 4) is 0 Å². The molecule has 1 aromatic heterocycles. The Hall–Kier alpha value is -1.32. The van der Waals surface area contributed by atoms with E-state index in [0.29, 0.717) is 12.4 Å². The number of nitrogens with two attached hydrogens (primary N) is 1. The Balaban J connectivity index is 2.75. The zero-order valence-electron chi connectivity index (χ0n) is 9.12. The van der Waals surface area contributed by atoms with Crippen molar-refractivity contribution in [1.82, 2.24) is 9.78 Å². The molecule has 0 unspecified atom stereocenters. The zero-order chi connectivity index (χ0) is 10.6. The maximum absolute atomic E-state index is 5.64. The Morgan fingerprint density at radius 3 is 2.86 bits per heavy atom. The lowest BCUT2D eigenvalue weighted by atomic mass is 10.2. The number of rotatable bonds is 4. The van der Waals surface area contributed by atoms with Crippen molar-refractivity contribution in [3.63, 3.8) is 0 Å². The van der Waals surface area contributed by atoms with E-state index >= 15 is 0 Å². The van der Waals surface area contributed by atoms with Crippen LogP contribution in [-0.4, -0.2) is 15.6 Å². The molecule has 2 N–H and O–H groups in total. The molecule has 0 spiro atoms. The highest BCUT2D eigenvalue weighted by molar-refractivity contribution is 5.79. The second kappa shape index (κ2) is 4.79. The van der Waals surface area contributed by atoms with E-state index in [1.165, 1.54) is 5.56 Å². The quantitative estimate of drug-likeness (QED) is 0.579. The average molecular weight is 194 g/mol. The summed E-state index contributed by atoms with van der Waals surface area (Å²) in [5.41, 5.74) is 7.93. The van der Waals surface area contributed by atoms with Crippen LogP contribution in [0.3, 0.4) is 0 Å². The maximum Gasteiger partial charge on any atom is 0.0938 e. The lowest BCUT2D eigenvalue weighted by Gasteiger charge is -1.96. The Labute approximate surface area is 84.8 Å². The normalized spacial score (nSPS) is 12.1. The van der Waals surface area contributed by atoms with Gasteiger partial charge in [0.25, 0.3) is 0 Å². The fraction of sp³-hybridized carbons (Fsp3) is 0.600. The van der Waals surface area contributed by atoms with Gasteiger partial charge in [-0.3, -0.25) is 9.67 Å². The first kappa shape index (κ1) is 10.8. The third-order valence-electron chi connectivity index (χ3n) is 2.14. The monoisotopic (exact) mass is 194 g/mol. The van der Waals surface area contributed by atoms with Crippen LogP contribution in [0.4, 0.5) is 0 Å². The second-order valence-electron chi connectivity index (χ2n) is 3.29. The van der Waals surface area contributed by atoms with E-state index in [0.717, 1.165) is 18.5 Å². The minimum absolute atomic E-state index is 0.649. The predicted molar refractivity (Wildman–Crippen MR) is 58.2 cm³/mol. The summed E-state index contributed by atoms with van der Waals surface area (Å²) in [6, 6.07) is 0. The van der Waals surface area contributed by atoms with Crippen LogP contribution >= 0.6 is 0 Å². The molecule has 0 saturated heterocycles. The molecule has 0 amide bonds. The minimum atomic E-state index is 0.649. The lowest BCUT2D eigenvalue weighted by Crippen LogP contribution is -2.09. The van der Waals surface area contributed by atoms with E-state index in [1.54, 1.807) is 0 Å². The summed E-state index contributed by atoms with van der Waals surface area (Å²) in [5, 5.41) is 4.34. The van der Waals surface area contributed by atoms with Crippen molar-refractivity contribution in [3.05, 3.63) is 17.5 Å². The molecule has 0 aliphatic heterocycles. The van der Waals surface area contributed by atoms with Crippen molar-refractivity contribution in [2.45, 2.75) is 33.2 Å². The average Bonchev–Trinajstić information content (AvgIpc) is 2.55. The highest BCUT2D eigenvalue weighted by atomic mass is 15.3. The predicted octanol–water partition coefficient (Wildman–Crippen LogP) is 1.25. The van der Waals surface area contributed by atoms with E-state index in [-0.39, 0.29) is 0 Å². The van der Waals surface area contributed by atoms with Crippen molar-refractivity contribution >= 4 is 5.84 Å². The summed E-state index contributed by atoms with van der Waals surface area (Å²) in [6.45, 7) is 4.75. The standard InChI is InChI=1S/C10H18N4/c1-4-9-8(7-14(3)13-9)6-12-10(11)5-2/h7H,4-6H2,1-3H3,(H2,11,12). The molecule has 4 nitrogen and oxygen atoms in total. The summed E-state index contributed by atoms with van der Waals surface area (Å²) in [7, 11) is 1.93. The van der Waals surface area contributed by atoms with Gasteiger partial charge in [-0.2, -0.15) is 5.10 Å². The first-order valence-corrected chi connectivity index (χ1v) is 4.97. The first-order chi connectivity index (χ1) is 6.67. The van der Waals surface area contributed by atoms with E-state index < -0.39 is 0 Å². The smallest absolute Gasteiger partial charge is 0.0938 e. The molecule has 0 radical (unpaired) electrons. The van der Waals surface area contributed by atoms with Gasteiger partial charge < -0.3 is 5.73 Å². The number of aliphatic imine (C=N–C) groups is 1. The van der Waals surface area contributed by atoms with Crippen LogP contribution in [0, 0.1) is 0 Å². The summed E-state index contributed by atoms with van der Waals surface area (Å²) in [6.07, 6.45) is 3.75. The Kier molecular flexibility index (Phi) is 3.68. The molecule has 0 aromatic carbocycles. The third-order valence-corrected chi connectivity index (χ3v) is 2.14. The van der Waals surface area contributed by atoms with Crippen molar-refractivity contribution in [1.29, 1.82) is 0 Å². The molecular weight excluding hydrogens is 176 g/mol. The fourth-order valence-corrected chi connectivity index (χ4v) is 1.31.